The second-order valence-electron chi connectivity index (χ2n) is 4.33. The summed E-state index contributed by atoms with van der Waals surface area (Å²) in [5.74, 6) is 0.918. The predicted octanol–water partition coefficient (Wildman–Crippen LogP) is 2.63. The topological polar surface area (TPSA) is 46.6 Å². The first-order valence-corrected chi connectivity index (χ1v) is 7.20. The van der Waals surface area contributed by atoms with Gasteiger partial charge in [-0.2, -0.15) is 0 Å². The zero-order valence-corrected chi connectivity index (χ0v) is 11.8. The molecule has 0 saturated carbocycles. The Labute approximate surface area is 109 Å². The molecule has 0 fully saturated rings. The highest BCUT2D eigenvalue weighted by molar-refractivity contribution is 7.95. The van der Waals surface area contributed by atoms with Crippen molar-refractivity contribution in [2.45, 2.75) is 13.8 Å². The van der Waals surface area contributed by atoms with Crippen molar-refractivity contribution in [2.24, 2.45) is 5.92 Å². The van der Waals surface area contributed by atoms with Crippen LogP contribution in [0.3, 0.4) is 0 Å². The maximum atomic E-state index is 12.0. The van der Waals surface area contributed by atoms with Crippen molar-refractivity contribution in [1.82, 2.24) is 0 Å². The predicted molar refractivity (Wildman–Crippen MR) is 74.3 cm³/mol. The van der Waals surface area contributed by atoms with Gasteiger partial charge in [0.2, 0.25) is 0 Å². The third kappa shape index (κ3) is 3.50. The zero-order chi connectivity index (χ0) is 13.8. The molecule has 1 aromatic carbocycles. The van der Waals surface area contributed by atoms with Gasteiger partial charge >= 0.3 is 0 Å². The number of sulfonamides is 1. The fourth-order valence-electron chi connectivity index (χ4n) is 1.53. The summed E-state index contributed by atoms with van der Waals surface area (Å²) in [5.41, 5.74) is 0.615. The molecule has 1 aromatic rings. The monoisotopic (exact) mass is 269 g/mol. The van der Waals surface area contributed by atoms with E-state index in [-0.39, 0.29) is 5.92 Å². The van der Waals surface area contributed by atoms with E-state index in [1.807, 2.05) is 13.8 Å². The second kappa shape index (κ2) is 5.91. The van der Waals surface area contributed by atoms with E-state index in [2.05, 4.69) is 6.58 Å². The second-order valence-corrected chi connectivity index (χ2v) is 6.14. The van der Waals surface area contributed by atoms with E-state index >= 15 is 0 Å². The number of hydrogen-bond donors (Lipinski definition) is 0. The molecule has 0 bridgehead atoms. The van der Waals surface area contributed by atoms with Crippen molar-refractivity contribution in [3.63, 3.8) is 0 Å². The van der Waals surface area contributed by atoms with Crippen LogP contribution in [0.1, 0.15) is 13.8 Å². The van der Waals surface area contributed by atoms with Gasteiger partial charge in [0.25, 0.3) is 10.0 Å². The maximum Gasteiger partial charge on any atom is 0.256 e. The number of hydrogen-bond acceptors (Lipinski definition) is 3. The van der Waals surface area contributed by atoms with Gasteiger partial charge in [-0.3, -0.25) is 4.31 Å². The molecular weight excluding hydrogens is 250 g/mol. The average Bonchev–Trinajstić information content (AvgIpc) is 2.36. The highest BCUT2D eigenvalue weighted by atomic mass is 32.2. The summed E-state index contributed by atoms with van der Waals surface area (Å²) in [6.45, 7) is 7.72. The van der Waals surface area contributed by atoms with Gasteiger partial charge in [-0.05, 0) is 30.2 Å². The summed E-state index contributed by atoms with van der Waals surface area (Å²) in [5, 5.41) is 0.972. The Kier molecular flexibility index (Phi) is 4.78. The highest BCUT2D eigenvalue weighted by Gasteiger charge is 2.20. The summed E-state index contributed by atoms with van der Waals surface area (Å²) < 4.78 is 30.3. The minimum atomic E-state index is -3.47. The lowest BCUT2D eigenvalue weighted by Gasteiger charge is -2.24. The summed E-state index contributed by atoms with van der Waals surface area (Å²) in [7, 11) is -1.90. The number of methoxy groups -OCH3 is 1. The zero-order valence-electron chi connectivity index (χ0n) is 11.0. The third-order valence-corrected chi connectivity index (χ3v) is 3.80. The van der Waals surface area contributed by atoms with Crippen LogP contribution in [0.4, 0.5) is 5.69 Å². The van der Waals surface area contributed by atoms with Crippen molar-refractivity contribution in [3.05, 3.63) is 36.3 Å². The molecule has 0 N–H and O–H groups in total. The average molecular weight is 269 g/mol. The fourth-order valence-corrected chi connectivity index (χ4v) is 2.63. The van der Waals surface area contributed by atoms with Gasteiger partial charge in [0, 0.05) is 12.0 Å². The number of ether oxygens (including phenoxy) is 1. The molecular formula is C13H19NO3S. The number of benzene rings is 1. The molecule has 0 spiro atoms. The van der Waals surface area contributed by atoms with Crippen LogP contribution in [0.2, 0.25) is 0 Å². The van der Waals surface area contributed by atoms with Crippen molar-refractivity contribution in [2.75, 3.05) is 18.0 Å². The first-order valence-electron chi connectivity index (χ1n) is 5.70. The molecule has 0 aliphatic heterocycles. The molecule has 0 radical (unpaired) electrons. The Balaban J connectivity index is 3.13. The van der Waals surface area contributed by atoms with Crippen molar-refractivity contribution in [3.8, 4) is 5.75 Å². The van der Waals surface area contributed by atoms with Crippen LogP contribution in [0.15, 0.2) is 36.3 Å². The smallest absolute Gasteiger partial charge is 0.256 e. The Morgan fingerprint density at radius 1 is 1.33 bits per heavy atom. The van der Waals surface area contributed by atoms with Crippen LogP contribution in [0, 0.1) is 5.92 Å². The van der Waals surface area contributed by atoms with Gasteiger partial charge in [0.15, 0.2) is 0 Å². The minimum Gasteiger partial charge on any atom is -0.497 e. The minimum absolute atomic E-state index is 0.224. The molecule has 0 atom stereocenters. The Bertz CT molecular complexity index is 491. The molecule has 0 unspecified atom stereocenters. The van der Waals surface area contributed by atoms with Gasteiger partial charge in [-0.15, -0.1) is 0 Å². The Hall–Kier alpha value is -1.49. The van der Waals surface area contributed by atoms with E-state index < -0.39 is 10.0 Å². The van der Waals surface area contributed by atoms with Crippen LogP contribution in [-0.2, 0) is 10.0 Å². The molecule has 4 nitrogen and oxygen atoms in total. The quantitative estimate of drug-likeness (QED) is 0.797. The molecule has 1 rings (SSSR count). The molecule has 0 aromatic heterocycles. The lowest BCUT2D eigenvalue weighted by Crippen LogP contribution is -2.32. The first kappa shape index (κ1) is 14.6. The molecule has 18 heavy (non-hydrogen) atoms. The molecule has 5 heteroatoms. The van der Waals surface area contributed by atoms with Crippen LogP contribution >= 0.6 is 0 Å². The Morgan fingerprint density at radius 3 is 2.28 bits per heavy atom. The van der Waals surface area contributed by atoms with Crippen molar-refractivity contribution >= 4 is 15.7 Å². The van der Waals surface area contributed by atoms with Gasteiger partial charge in [-0.25, -0.2) is 8.42 Å². The van der Waals surface area contributed by atoms with E-state index in [0.717, 1.165) is 5.41 Å². The van der Waals surface area contributed by atoms with Gasteiger partial charge in [-0.1, -0.05) is 20.4 Å². The van der Waals surface area contributed by atoms with E-state index in [1.165, 1.54) is 4.31 Å². The molecule has 0 heterocycles. The van der Waals surface area contributed by atoms with E-state index in [4.69, 9.17) is 4.74 Å². The largest absolute Gasteiger partial charge is 0.497 e. The molecule has 0 aliphatic rings. The summed E-state index contributed by atoms with van der Waals surface area (Å²) >= 11 is 0. The van der Waals surface area contributed by atoms with Crippen LogP contribution < -0.4 is 9.04 Å². The van der Waals surface area contributed by atoms with Crippen LogP contribution in [0.25, 0.3) is 0 Å². The van der Waals surface area contributed by atoms with Crippen LogP contribution in [-0.4, -0.2) is 22.1 Å². The van der Waals surface area contributed by atoms with Crippen molar-refractivity contribution in [1.29, 1.82) is 0 Å². The van der Waals surface area contributed by atoms with Gasteiger partial charge < -0.3 is 4.74 Å². The summed E-state index contributed by atoms with van der Waals surface area (Å²) in [6, 6.07) is 6.92. The molecule has 100 valence electrons. The lowest BCUT2D eigenvalue weighted by atomic mass is 10.2. The van der Waals surface area contributed by atoms with E-state index in [1.54, 1.807) is 31.4 Å². The van der Waals surface area contributed by atoms with Crippen LogP contribution in [0.5, 0.6) is 5.75 Å². The third-order valence-electron chi connectivity index (χ3n) is 2.41. The summed E-state index contributed by atoms with van der Waals surface area (Å²) in [6.07, 6.45) is 0. The Morgan fingerprint density at radius 2 is 1.89 bits per heavy atom. The molecule has 0 aliphatic carbocycles. The maximum absolute atomic E-state index is 12.0. The SMILES string of the molecule is C=CS(=O)(=O)N(CC(C)C)c1ccc(OC)cc1. The van der Waals surface area contributed by atoms with Crippen molar-refractivity contribution < 1.29 is 13.2 Å². The lowest BCUT2D eigenvalue weighted by molar-refractivity contribution is 0.415. The summed E-state index contributed by atoms with van der Waals surface area (Å²) in [4.78, 5) is 0. The van der Waals surface area contributed by atoms with E-state index in [9.17, 15) is 8.42 Å². The van der Waals surface area contributed by atoms with E-state index in [0.29, 0.717) is 18.0 Å². The molecule has 0 amide bonds. The fraction of sp³-hybridized carbons (Fsp3) is 0.385. The van der Waals surface area contributed by atoms with Gasteiger partial charge in [0.05, 0.1) is 12.8 Å². The number of nitrogens with zero attached hydrogens (tertiary/aromatic N) is 1. The number of anilines is 1. The highest BCUT2D eigenvalue weighted by Crippen LogP contribution is 2.23. The normalized spacial score (nSPS) is 11.3. The molecule has 0 saturated heterocycles. The first-order chi connectivity index (χ1) is 8.40. The van der Waals surface area contributed by atoms with Gasteiger partial charge in [0.1, 0.15) is 5.75 Å². The number of rotatable bonds is 6. The standard InChI is InChI=1S/C13H19NO3S/c1-5-18(15,16)14(10-11(2)3)12-6-8-13(17-4)9-7-12/h5-9,11H,1,10H2,2-4H3.